The molecular weight excluding hydrogens is 292 g/mol. The molecule has 0 fully saturated rings. The van der Waals surface area contributed by atoms with Crippen LogP contribution in [0.5, 0.6) is 0 Å². The number of nitrogens with one attached hydrogen (secondary N) is 3. The van der Waals surface area contributed by atoms with Gasteiger partial charge in [0.15, 0.2) is 0 Å². The maximum Gasteiger partial charge on any atom is 0.244 e. The molecule has 7 nitrogen and oxygen atoms in total. The van der Waals surface area contributed by atoms with Crippen molar-refractivity contribution in [3.63, 3.8) is 0 Å². The molecule has 8 heteroatoms. The van der Waals surface area contributed by atoms with Crippen LogP contribution in [0, 0.1) is 5.92 Å². The van der Waals surface area contributed by atoms with Gasteiger partial charge < -0.3 is 10.6 Å². The Hall–Kier alpha value is -1.67. The van der Waals surface area contributed by atoms with E-state index in [0.29, 0.717) is 19.0 Å². The zero-order valence-corrected chi connectivity index (χ0v) is 13.3. The van der Waals surface area contributed by atoms with Gasteiger partial charge in [-0.3, -0.25) is 4.79 Å². The van der Waals surface area contributed by atoms with Crippen LogP contribution in [0.3, 0.4) is 0 Å². The van der Waals surface area contributed by atoms with Gasteiger partial charge in [0.05, 0.1) is 6.54 Å². The minimum Gasteiger partial charge on any atom is -0.369 e. The minimum absolute atomic E-state index is 0.0310. The number of carbonyl (C=O) groups excluding carboxylic acids is 1. The van der Waals surface area contributed by atoms with Gasteiger partial charge in [-0.05, 0) is 25.0 Å². The Morgan fingerprint density at radius 1 is 1.38 bits per heavy atom. The Labute approximate surface area is 125 Å². The van der Waals surface area contributed by atoms with Crippen LogP contribution in [-0.4, -0.2) is 38.9 Å². The minimum atomic E-state index is -3.78. The Morgan fingerprint density at radius 3 is 2.71 bits per heavy atom. The quantitative estimate of drug-likeness (QED) is 0.651. The number of aromatic nitrogens is 1. The van der Waals surface area contributed by atoms with Gasteiger partial charge >= 0.3 is 0 Å². The summed E-state index contributed by atoms with van der Waals surface area (Å²) in [4.78, 5) is 15.6. The van der Waals surface area contributed by atoms with Crippen molar-refractivity contribution in [2.45, 2.75) is 25.7 Å². The van der Waals surface area contributed by atoms with Gasteiger partial charge in [-0.25, -0.2) is 18.1 Å². The highest BCUT2D eigenvalue weighted by molar-refractivity contribution is 7.89. The van der Waals surface area contributed by atoms with E-state index in [9.17, 15) is 13.2 Å². The van der Waals surface area contributed by atoms with Crippen LogP contribution in [0.15, 0.2) is 23.2 Å². The third-order valence-electron chi connectivity index (χ3n) is 2.53. The Morgan fingerprint density at radius 2 is 2.10 bits per heavy atom. The average molecular weight is 314 g/mol. The first-order valence-electron chi connectivity index (χ1n) is 6.82. The van der Waals surface area contributed by atoms with Crippen molar-refractivity contribution in [3.05, 3.63) is 18.3 Å². The number of pyridine rings is 1. The fraction of sp³-hybridized carbons (Fsp3) is 0.538. The number of sulfonamides is 1. The number of amides is 1. The summed E-state index contributed by atoms with van der Waals surface area (Å²) >= 11 is 0. The molecule has 0 aliphatic heterocycles. The second-order valence-electron chi connectivity index (χ2n) is 4.90. The van der Waals surface area contributed by atoms with Crippen molar-refractivity contribution in [2.24, 2.45) is 5.92 Å². The first kappa shape index (κ1) is 17.4. The smallest absolute Gasteiger partial charge is 0.244 e. The van der Waals surface area contributed by atoms with Gasteiger partial charge in [0.25, 0.3) is 0 Å². The van der Waals surface area contributed by atoms with E-state index >= 15 is 0 Å². The molecule has 3 N–H and O–H groups in total. The van der Waals surface area contributed by atoms with Crippen molar-refractivity contribution in [2.75, 3.05) is 25.0 Å². The highest BCUT2D eigenvalue weighted by Crippen LogP contribution is 2.17. The fourth-order valence-corrected chi connectivity index (χ4v) is 2.64. The number of anilines is 1. The van der Waals surface area contributed by atoms with Crippen LogP contribution in [0.25, 0.3) is 0 Å². The SMILES string of the molecule is CCNc1ncccc1S(=O)(=O)NCC(=O)NCC(C)C. The van der Waals surface area contributed by atoms with Crippen LogP contribution in [0.1, 0.15) is 20.8 Å². The Balaban J connectivity index is 2.72. The zero-order chi connectivity index (χ0) is 15.9. The van der Waals surface area contributed by atoms with Crippen LogP contribution >= 0.6 is 0 Å². The lowest BCUT2D eigenvalue weighted by molar-refractivity contribution is -0.120. The molecule has 1 aromatic rings. The second kappa shape index (κ2) is 7.94. The van der Waals surface area contributed by atoms with E-state index in [1.807, 2.05) is 20.8 Å². The van der Waals surface area contributed by atoms with E-state index in [2.05, 4.69) is 20.3 Å². The standard InChI is InChI=1S/C13H22N4O3S/c1-4-14-13-11(6-5-7-15-13)21(19,20)17-9-12(18)16-8-10(2)3/h5-7,10,17H,4,8-9H2,1-3H3,(H,14,15)(H,16,18). The van der Waals surface area contributed by atoms with Gasteiger partial charge in [-0.1, -0.05) is 13.8 Å². The lowest BCUT2D eigenvalue weighted by atomic mass is 10.2. The number of hydrogen-bond acceptors (Lipinski definition) is 5. The summed E-state index contributed by atoms with van der Waals surface area (Å²) in [5.41, 5.74) is 0. The van der Waals surface area contributed by atoms with Crippen LogP contribution in [-0.2, 0) is 14.8 Å². The number of nitrogens with zero attached hydrogens (tertiary/aromatic N) is 1. The van der Waals surface area contributed by atoms with Crippen LogP contribution in [0.2, 0.25) is 0 Å². The van der Waals surface area contributed by atoms with Crippen LogP contribution < -0.4 is 15.4 Å². The Kier molecular flexibility index (Phi) is 6.57. The molecule has 0 aliphatic carbocycles. The summed E-state index contributed by atoms with van der Waals surface area (Å²) in [6, 6.07) is 2.98. The number of rotatable bonds is 8. The van der Waals surface area contributed by atoms with E-state index in [1.54, 1.807) is 0 Å². The van der Waals surface area contributed by atoms with Crippen molar-refractivity contribution in [3.8, 4) is 0 Å². The third kappa shape index (κ3) is 5.68. The molecule has 1 amide bonds. The molecule has 1 rings (SSSR count). The largest absolute Gasteiger partial charge is 0.369 e. The summed E-state index contributed by atoms with van der Waals surface area (Å²) in [7, 11) is -3.78. The van der Waals surface area contributed by atoms with Crippen molar-refractivity contribution >= 4 is 21.7 Å². The first-order valence-corrected chi connectivity index (χ1v) is 8.30. The van der Waals surface area contributed by atoms with Crippen LogP contribution in [0.4, 0.5) is 5.82 Å². The molecule has 0 bridgehead atoms. The van der Waals surface area contributed by atoms with Crippen molar-refractivity contribution < 1.29 is 13.2 Å². The summed E-state index contributed by atoms with van der Waals surface area (Å²) in [6.45, 7) is 6.53. The summed E-state index contributed by atoms with van der Waals surface area (Å²) in [5.74, 6) is 0.223. The van der Waals surface area contributed by atoms with Gasteiger partial charge in [-0.15, -0.1) is 0 Å². The first-order chi connectivity index (χ1) is 9.86. The van der Waals surface area contributed by atoms with Gasteiger partial charge in [0.2, 0.25) is 15.9 Å². The molecule has 1 aromatic heterocycles. The lowest BCUT2D eigenvalue weighted by Crippen LogP contribution is -2.38. The maximum absolute atomic E-state index is 12.2. The number of hydrogen-bond donors (Lipinski definition) is 3. The highest BCUT2D eigenvalue weighted by Gasteiger charge is 2.19. The van der Waals surface area contributed by atoms with Crippen molar-refractivity contribution in [1.82, 2.24) is 15.0 Å². The van der Waals surface area contributed by atoms with E-state index in [-0.39, 0.29) is 23.2 Å². The van der Waals surface area contributed by atoms with E-state index < -0.39 is 10.0 Å². The molecular formula is C13H22N4O3S. The predicted octanol–water partition coefficient (Wildman–Crippen LogP) is 0.564. The van der Waals surface area contributed by atoms with E-state index in [1.165, 1.54) is 18.3 Å². The fourth-order valence-electron chi connectivity index (χ4n) is 1.53. The number of carbonyl (C=O) groups is 1. The molecule has 21 heavy (non-hydrogen) atoms. The van der Waals surface area contributed by atoms with Gasteiger partial charge in [-0.2, -0.15) is 0 Å². The predicted molar refractivity (Wildman–Crippen MR) is 81.4 cm³/mol. The highest BCUT2D eigenvalue weighted by atomic mass is 32.2. The molecule has 0 saturated carbocycles. The monoisotopic (exact) mass is 314 g/mol. The van der Waals surface area contributed by atoms with Gasteiger partial charge in [0.1, 0.15) is 10.7 Å². The molecule has 0 atom stereocenters. The zero-order valence-electron chi connectivity index (χ0n) is 12.5. The average Bonchev–Trinajstić information content (AvgIpc) is 2.44. The Bertz CT molecular complexity index is 573. The molecule has 0 unspecified atom stereocenters. The lowest BCUT2D eigenvalue weighted by Gasteiger charge is -2.12. The van der Waals surface area contributed by atoms with E-state index in [0.717, 1.165) is 0 Å². The molecule has 0 aliphatic rings. The maximum atomic E-state index is 12.2. The summed E-state index contributed by atoms with van der Waals surface area (Å²) in [5, 5.41) is 5.53. The molecule has 0 radical (unpaired) electrons. The molecule has 0 saturated heterocycles. The topological polar surface area (TPSA) is 100 Å². The molecule has 118 valence electrons. The van der Waals surface area contributed by atoms with Gasteiger partial charge in [0, 0.05) is 19.3 Å². The second-order valence-corrected chi connectivity index (χ2v) is 6.64. The molecule has 0 aromatic carbocycles. The molecule has 0 spiro atoms. The molecule has 1 heterocycles. The normalized spacial score (nSPS) is 11.4. The third-order valence-corrected chi connectivity index (χ3v) is 3.97. The summed E-state index contributed by atoms with van der Waals surface area (Å²) < 4.78 is 26.7. The van der Waals surface area contributed by atoms with E-state index in [4.69, 9.17) is 0 Å². The van der Waals surface area contributed by atoms with Crippen molar-refractivity contribution in [1.29, 1.82) is 0 Å². The summed E-state index contributed by atoms with van der Waals surface area (Å²) in [6.07, 6.45) is 1.51.